The second-order valence-electron chi connectivity index (χ2n) is 5.15. The van der Waals surface area contributed by atoms with E-state index < -0.39 is 0 Å². The molecule has 0 atom stereocenters. The van der Waals surface area contributed by atoms with Gasteiger partial charge in [0.05, 0.1) is 11.6 Å². The first-order valence-electron chi connectivity index (χ1n) is 7.40. The molecule has 6 nitrogen and oxygen atoms in total. The Morgan fingerprint density at radius 2 is 2.17 bits per heavy atom. The maximum atomic E-state index is 12.1. The van der Waals surface area contributed by atoms with Crippen molar-refractivity contribution in [3.8, 4) is 0 Å². The molecule has 0 spiro atoms. The maximum Gasteiger partial charge on any atom is 0.409 e. The van der Waals surface area contributed by atoms with Crippen LogP contribution in [0.2, 0.25) is 0 Å². The average Bonchev–Trinajstić information content (AvgIpc) is 3.18. The monoisotopic (exact) mass is 331 g/mol. The molecule has 0 saturated carbocycles. The Hall–Kier alpha value is -2.41. The van der Waals surface area contributed by atoms with E-state index in [1.54, 1.807) is 10.3 Å². The van der Waals surface area contributed by atoms with E-state index in [4.69, 9.17) is 4.74 Å². The number of carbonyl (C=O) groups is 2. The molecule has 1 N–H and O–H groups in total. The summed E-state index contributed by atoms with van der Waals surface area (Å²) in [6.45, 7) is 1.83. The molecule has 120 valence electrons. The van der Waals surface area contributed by atoms with Crippen LogP contribution in [0, 0.1) is 0 Å². The van der Waals surface area contributed by atoms with Crippen LogP contribution in [0.1, 0.15) is 21.1 Å². The number of thiazole rings is 1. The lowest BCUT2D eigenvalue weighted by molar-refractivity contribution is 0.0944. The highest BCUT2D eigenvalue weighted by Gasteiger charge is 2.21. The van der Waals surface area contributed by atoms with Gasteiger partial charge in [-0.25, -0.2) is 9.78 Å². The number of rotatable bonds is 6. The lowest BCUT2D eigenvalue weighted by Crippen LogP contribution is -2.35. The minimum absolute atomic E-state index is 0.215. The molecule has 1 aromatic carbocycles. The Bertz CT molecular complexity index is 687. The molecule has 2 amide bonds. The predicted molar refractivity (Wildman–Crippen MR) is 86.6 cm³/mol. The summed E-state index contributed by atoms with van der Waals surface area (Å²) in [5.41, 5.74) is 1.59. The van der Waals surface area contributed by atoms with E-state index in [9.17, 15) is 9.59 Å². The van der Waals surface area contributed by atoms with Crippen LogP contribution in [-0.4, -0.2) is 48.1 Å². The van der Waals surface area contributed by atoms with Gasteiger partial charge in [-0.3, -0.25) is 4.79 Å². The molecule has 1 fully saturated rings. The Kier molecular flexibility index (Phi) is 4.87. The number of carbonyl (C=O) groups excluding carboxylic acids is 2. The van der Waals surface area contributed by atoms with Crippen molar-refractivity contribution in [1.82, 2.24) is 15.2 Å². The van der Waals surface area contributed by atoms with E-state index in [1.807, 2.05) is 30.3 Å². The number of cyclic esters (lactones) is 1. The number of nitrogens with zero attached hydrogens (tertiary/aromatic N) is 2. The van der Waals surface area contributed by atoms with Crippen LogP contribution in [0.3, 0.4) is 0 Å². The summed E-state index contributed by atoms with van der Waals surface area (Å²) in [5, 5.41) is 5.45. The molecule has 7 heteroatoms. The zero-order valence-corrected chi connectivity index (χ0v) is 13.3. The van der Waals surface area contributed by atoms with Gasteiger partial charge in [0.25, 0.3) is 5.91 Å². The lowest BCUT2D eigenvalue weighted by atomic mass is 10.2. The fourth-order valence-corrected chi connectivity index (χ4v) is 3.10. The number of benzene rings is 1. The number of hydrogen-bond donors (Lipinski definition) is 1. The zero-order chi connectivity index (χ0) is 16.1. The van der Waals surface area contributed by atoms with Gasteiger partial charge in [0.1, 0.15) is 12.3 Å². The molecule has 1 saturated heterocycles. The van der Waals surface area contributed by atoms with Crippen molar-refractivity contribution in [3.63, 3.8) is 0 Å². The van der Waals surface area contributed by atoms with Crippen LogP contribution in [0.15, 0.2) is 35.7 Å². The van der Waals surface area contributed by atoms with Gasteiger partial charge < -0.3 is 15.0 Å². The minimum Gasteiger partial charge on any atom is -0.448 e. The molecular formula is C16H17N3O3S. The van der Waals surface area contributed by atoms with Gasteiger partial charge in [-0.15, -0.1) is 11.3 Å². The molecule has 3 rings (SSSR count). The van der Waals surface area contributed by atoms with Gasteiger partial charge in [-0.2, -0.15) is 0 Å². The molecule has 2 aromatic rings. The van der Waals surface area contributed by atoms with E-state index in [1.165, 1.54) is 16.9 Å². The van der Waals surface area contributed by atoms with Gasteiger partial charge in [-0.05, 0) is 5.56 Å². The van der Waals surface area contributed by atoms with E-state index in [2.05, 4.69) is 10.3 Å². The van der Waals surface area contributed by atoms with Gasteiger partial charge in [0.2, 0.25) is 0 Å². The molecule has 1 aliphatic heterocycles. The molecule has 1 aromatic heterocycles. The fourth-order valence-electron chi connectivity index (χ4n) is 2.29. The normalized spacial score (nSPS) is 13.9. The summed E-state index contributed by atoms with van der Waals surface area (Å²) < 4.78 is 4.83. The second kappa shape index (κ2) is 7.23. The SMILES string of the molecule is O=C(NCCN1CCOC1=O)c1csc(Cc2ccccc2)n1. The molecule has 0 radical (unpaired) electrons. The first kappa shape index (κ1) is 15.5. The molecule has 2 heterocycles. The third-order valence-electron chi connectivity index (χ3n) is 3.49. The van der Waals surface area contributed by atoms with Gasteiger partial charge >= 0.3 is 6.09 Å². The van der Waals surface area contributed by atoms with Gasteiger partial charge in [0.15, 0.2) is 0 Å². The van der Waals surface area contributed by atoms with Crippen LogP contribution in [-0.2, 0) is 11.2 Å². The second-order valence-corrected chi connectivity index (χ2v) is 6.09. The highest BCUT2D eigenvalue weighted by Crippen LogP contribution is 2.14. The average molecular weight is 331 g/mol. The van der Waals surface area contributed by atoms with Crippen molar-refractivity contribution < 1.29 is 14.3 Å². The van der Waals surface area contributed by atoms with E-state index in [0.717, 1.165) is 11.4 Å². The van der Waals surface area contributed by atoms with Crippen LogP contribution in [0.25, 0.3) is 0 Å². The summed E-state index contributed by atoms with van der Waals surface area (Å²) in [6.07, 6.45) is 0.399. The Labute approximate surface area is 138 Å². The zero-order valence-electron chi connectivity index (χ0n) is 12.5. The number of hydrogen-bond acceptors (Lipinski definition) is 5. The summed E-state index contributed by atoms with van der Waals surface area (Å²) in [7, 11) is 0. The molecular weight excluding hydrogens is 314 g/mol. The third kappa shape index (κ3) is 4.07. The number of aromatic nitrogens is 1. The maximum absolute atomic E-state index is 12.1. The van der Waals surface area contributed by atoms with Gasteiger partial charge in [0, 0.05) is 24.9 Å². The third-order valence-corrected chi connectivity index (χ3v) is 4.34. The quantitative estimate of drug-likeness (QED) is 0.878. The Morgan fingerprint density at radius 1 is 1.35 bits per heavy atom. The van der Waals surface area contributed by atoms with Crippen LogP contribution in [0.5, 0.6) is 0 Å². The lowest BCUT2D eigenvalue weighted by Gasteiger charge is -2.12. The highest BCUT2D eigenvalue weighted by molar-refractivity contribution is 7.09. The molecule has 23 heavy (non-hydrogen) atoms. The summed E-state index contributed by atoms with van der Waals surface area (Å²) in [4.78, 5) is 29.3. The largest absolute Gasteiger partial charge is 0.448 e. The first-order valence-corrected chi connectivity index (χ1v) is 8.28. The summed E-state index contributed by atoms with van der Waals surface area (Å²) >= 11 is 1.48. The van der Waals surface area contributed by atoms with E-state index >= 15 is 0 Å². The van der Waals surface area contributed by atoms with Crippen molar-refractivity contribution in [2.75, 3.05) is 26.2 Å². The van der Waals surface area contributed by atoms with Crippen LogP contribution < -0.4 is 5.32 Å². The molecule has 1 aliphatic rings. The topological polar surface area (TPSA) is 71.5 Å². The number of ether oxygens (including phenoxy) is 1. The molecule has 0 aliphatic carbocycles. The molecule has 0 bridgehead atoms. The van der Waals surface area contributed by atoms with Crippen molar-refractivity contribution in [1.29, 1.82) is 0 Å². The summed E-state index contributed by atoms with van der Waals surface area (Å²) in [5.74, 6) is -0.215. The minimum atomic E-state index is -0.321. The van der Waals surface area contributed by atoms with Crippen LogP contribution in [0.4, 0.5) is 4.79 Å². The van der Waals surface area contributed by atoms with Crippen molar-refractivity contribution in [3.05, 3.63) is 52.0 Å². The number of amides is 2. The summed E-state index contributed by atoms with van der Waals surface area (Å²) in [6, 6.07) is 10.0. The van der Waals surface area contributed by atoms with Gasteiger partial charge in [-0.1, -0.05) is 30.3 Å². The number of nitrogens with one attached hydrogen (secondary N) is 1. The standard InChI is InChI=1S/C16H17N3O3S/c20-15(17-6-7-19-8-9-22-16(19)21)13-11-23-14(18-13)10-12-4-2-1-3-5-12/h1-5,11H,6-10H2,(H,17,20). The molecule has 0 unspecified atom stereocenters. The van der Waals surface area contributed by atoms with Crippen molar-refractivity contribution in [2.24, 2.45) is 0 Å². The Morgan fingerprint density at radius 3 is 2.91 bits per heavy atom. The Balaban J connectivity index is 1.49. The van der Waals surface area contributed by atoms with Crippen molar-refractivity contribution in [2.45, 2.75) is 6.42 Å². The van der Waals surface area contributed by atoms with Crippen LogP contribution >= 0.6 is 11.3 Å². The van der Waals surface area contributed by atoms with Crippen molar-refractivity contribution >= 4 is 23.3 Å². The predicted octanol–water partition coefficient (Wildman–Crippen LogP) is 1.92. The van der Waals surface area contributed by atoms with E-state index in [-0.39, 0.29) is 12.0 Å². The van der Waals surface area contributed by atoms with E-state index in [0.29, 0.717) is 31.9 Å². The fraction of sp³-hybridized carbons (Fsp3) is 0.312. The smallest absolute Gasteiger partial charge is 0.409 e. The highest BCUT2D eigenvalue weighted by atomic mass is 32.1. The first-order chi connectivity index (χ1) is 11.2.